The Bertz CT molecular complexity index is 315. The molecule has 0 bridgehead atoms. The molecular formula is C20H38O4. The Balaban J connectivity index is 3.97. The summed E-state index contributed by atoms with van der Waals surface area (Å²) < 4.78 is 5.67. The van der Waals surface area contributed by atoms with Crippen LogP contribution in [0.4, 0.5) is 0 Å². The van der Waals surface area contributed by atoms with E-state index in [1.165, 1.54) is 25.7 Å². The Morgan fingerprint density at radius 3 is 1.83 bits per heavy atom. The summed E-state index contributed by atoms with van der Waals surface area (Å²) in [5, 5.41) is 8.63. The summed E-state index contributed by atoms with van der Waals surface area (Å²) in [6, 6.07) is 0. The first kappa shape index (κ1) is 22.9. The van der Waals surface area contributed by atoms with Gasteiger partial charge in [-0.15, -0.1) is 0 Å². The SMILES string of the molecule is CCCCCCCC(CCCCCCC(=O)O)OC(=O)CCCC. The van der Waals surface area contributed by atoms with Gasteiger partial charge in [-0.2, -0.15) is 0 Å². The normalized spacial score (nSPS) is 12.1. The summed E-state index contributed by atoms with van der Waals surface area (Å²) in [6.07, 6.45) is 14.5. The maximum absolute atomic E-state index is 11.9. The number of carboxylic acid groups (broad SMARTS) is 1. The van der Waals surface area contributed by atoms with Gasteiger partial charge >= 0.3 is 11.9 Å². The number of carboxylic acids is 1. The van der Waals surface area contributed by atoms with Crippen LogP contribution < -0.4 is 0 Å². The van der Waals surface area contributed by atoms with Gasteiger partial charge in [-0.25, -0.2) is 0 Å². The third-order valence-corrected chi connectivity index (χ3v) is 4.33. The average Bonchev–Trinajstić information content (AvgIpc) is 2.55. The van der Waals surface area contributed by atoms with Crippen LogP contribution in [0.25, 0.3) is 0 Å². The molecule has 0 heterocycles. The van der Waals surface area contributed by atoms with Crippen molar-refractivity contribution in [2.45, 2.75) is 116 Å². The zero-order chi connectivity index (χ0) is 18.0. The molecule has 0 aromatic carbocycles. The average molecular weight is 343 g/mol. The summed E-state index contributed by atoms with van der Waals surface area (Å²) in [5.41, 5.74) is 0. The van der Waals surface area contributed by atoms with Crippen molar-refractivity contribution in [1.29, 1.82) is 0 Å². The van der Waals surface area contributed by atoms with Gasteiger partial charge < -0.3 is 9.84 Å². The largest absolute Gasteiger partial charge is 0.481 e. The number of aliphatic carboxylic acids is 1. The number of hydrogen-bond donors (Lipinski definition) is 1. The second-order valence-electron chi connectivity index (χ2n) is 6.76. The number of esters is 1. The van der Waals surface area contributed by atoms with Crippen LogP contribution >= 0.6 is 0 Å². The summed E-state index contributed by atoms with van der Waals surface area (Å²) in [4.78, 5) is 22.4. The number of ether oxygens (including phenoxy) is 1. The lowest BCUT2D eigenvalue weighted by atomic mass is 10.0. The number of carbonyl (C=O) groups excluding carboxylic acids is 1. The Morgan fingerprint density at radius 2 is 1.29 bits per heavy atom. The number of unbranched alkanes of at least 4 members (excludes halogenated alkanes) is 8. The predicted molar refractivity (Wildman–Crippen MR) is 98.1 cm³/mol. The third kappa shape index (κ3) is 15.8. The van der Waals surface area contributed by atoms with Crippen molar-refractivity contribution in [3.8, 4) is 0 Å². The summed E-state index contributed by atoms with van der Waals surface area (Å²) in [5.74, 6) is -0.772. The molecule has 0 saturated heterocycles. The van der Waals surface area contributed by atoms with E-state index in [1.807, 2.05) is 0 Å². The molecule has 0 radical (unpaired) electrons. The fourth-order valence-corrected chi connectivity index (χ4v) is 2.81. The van der Waals surface area contributed by atoms with E-state index < -0.39 is 5.97 Å². The zero-order valence-corrected chi connectivity index (χ0v) is 15.9. The second-order valence-corrected chi connectivity index (χ2v) is 6.76. The maximum Gasteiger partial charge on any atom is 0.306 e. The van der Waals surface area contributed by atoms with Crippen molar-refractivity contribution in [2.75, 3.05) is 0 Å². The number of hydrogen-bond acceptors (Lipinski definition) is 3. The molecule has 0 aromatic heterocycles. The molecule has 0 fully saturated rings. The molecule has 1 unspecified atom stereocenters. The predicted octanol–water partition coefficient (Wildman–Crippen LogP) is 5.87. The highest BCUT2D eigenvalue weighted by Gasteiger charge is 2.14. The van der Waals surface area contributed by atoms with Crippen LogP contribution in [-0.4, -0.2) is 23.1 Å². The minimum Gasteiger partial charge on any atom is -0.481 e. The number of carbonyl (C=O) groups is 2. The Morgan fingerprint density at radius 1 is 0.750 bits per heavy atom. The van der Waals surface area contributed by atoms with Gasteiger partial charge in [0.1, 0.15) is 6.10 Å². The highest BCUT2D eigenvalue weighted by Crippen LogP contribution is 2.17. The molecule has 0 amide bonds. The molecule has 4 heteroatoms. The molecule has 0 saturated carbocycles. The van der Waals surface area contributed by atoms with E-state index in [4.69, 9.17) is 9.84 Å². The molecule has 24 heavy (non-hydrogen) atoms. The van der Waals surface area contributed by atoms with Gasteiger partial charge in [0.15, 0.2) is 0 Å². The lowest BCUT2D eigenvalue weighted by molar-refractivity contribution is -0.150. The minimum atomic E-state index is -0.718. The van der Waals surface area contributed by atoms with Crippen LogP contribution in [0.3, 0.4) is 0 Å². The molecule has 0 rings (SSSR count). The Kier molecular flexibility index (Phi) is 16.0. The van der Waals surface area contributed by atoms with Crippen LogP contribution in [-0.2, 0) is 14.3 Å². The van der Waals surface area contributed by atoms with Crippen LogP contribution in [0, 0.1) is 0 Å². The van der Waals surface area contributed by atoms with Crippen molar-refractivity contribution in [2.24, 2.45) is 0 Å². The lowest BCUT2D eigenvalue weighted by Crippen LogP contribution is -2.18. The summed E-state index contributed by atoms with van der Waals surface area (Å²) in [6.45, 7) is 4.29. The Labute approximate surface area is 148 Å². The van der Waals surface area contributed by atoms with E-state index in [2.05, 4.69) is 13.8 Å². The molecule has 142 valence electrons. The van der Waals surface area contributed by atoms with E-state index in [1.54, 1.807) is 0 Å². The minimum absolute atomic E-state index is 0.0513. The van der Waals surface area contributed by atoms with Gasteiger partial charge in [0, 0.05) is 12.8 Å². The topological polar surface area (TPSA) is 63.6 Å². The van der Waals surface area contributed by atoms with Crippen LogP contribution in [0.2, 0.25) is 0 Å². The van der Waals surface area contributed by atoms with Gasteiger partial charge in [-0.1, -0.05) is 58.8 Å². The van der Waals surface area contributed by atoms with E-state index in [-0.39, 0.29) is 18.5 Å². The van der Waals surface area contributed by atoms with Gasteiger partial charge in [0.05, 0.1) is 0 Å². The molecule has 0 aromatic rings. The Hall–Kier alpha value is -1.06. The van der Waals surface area contributed by atoms with Crippen LogP contribution in [0.5, 0.6) is 0 Å². The standard InChI is InChI=1S/C20H38O4/c1-3-5-7-8-11-14-18(24-20(23)17-6-4-2)15-12-9-10-13-16-19(21)22/h18H,3-17H2,1-2H3,(H,21,22). The van der Waals surface area contributed by atoms with E-state index in [0.717, 1.165) is 57.8 Å². The van der Waals surface area contributed by atoms with Crippen LogP contribution in [0.15, 0.2) is 0 Å². The third-order valence-electron chi connectivity index (χ3n) is 4.33. The first-order valence-corrected chi connectivity index (χ1v) is 10.0. The molecular weight excluding hydrogens is 304 g/mol. The summed E-state index contributed by atoms with van der Waals surface area (Å²) in [7, 11) is 0. The van der Waals surface area contributed by atoms with E-state index in [0.29, 0.717) is 6.42 Å². The molecule has 1 atom stereocenters. The molecule has 0 aliphatic carbocycles. The first-order chi connectivity index (χ1) is 11.6. The quantitative estimate of drug-likeness (QED) is 0.265. The van der Waals surface area contributed by atoms with Gasteiger partial charge in [0.2, 0.25) is 0 Å². The molecule has 4 nitrogen and oxygen atoms in total. The fraction of sp³-hybridized carbons (Fsp3) is 0.900. The van der Waals surface area contributed by atoms with E-state index in [9.17, 15) is 9.59 Å². The van der Waals surface area contributed by atoms with Crippen molar-refractivity contribution in [1.82, 2.24) is 0 Å². The monoisotopic (exact) mass is 342 g/mol. The summed E-state index contributed by atoms with van der Waals surface area (Å²) >= 11 is 0. The van der Waals surface area contributed by atoms with Crippen molar-refractivity contribution >= 4 is 11.9 Å². The zero-order valence-electron chi connectivity index (χ0n) is 15.9. The van der Waals surface area contributed by atoms with E-state index >= 15 is 0 Å². The van der Waals surface area contributed by atoms with Crippen molar-refractivity contribution < 1.29 is 19.4 Å². The maximum atomic E-state index is 11.9. The number of rotatable bonds is 17. The van der Waals surface area contributed by atoms with Crippen LogP contribution in [0.1, 0.15) is 110 Å². The van der Waals surface area contributed by atoms with Crippen molar-refractivity contribution in [3.63, 3.8) is 0 Å². The van der Waals surface area contributed by atoms with Gasteiger partial charge in [-0.3, -0.25) is 9.59 Å². The van der Waals surface area contributed by atoms with Gasteiger partial charge in [0.25, 0.3) is 0 Å². The van der Waals surface area contributed by atoms with Crippen molar-refractivity contribution in [3.05, 3.63) is 0 Å². The molecule has 0 aliphatic rings. The second kappa shape index (κ2) is 16.8. The molecule has 0 aliphatic heterocycles. The fourth-order valence-electron chi connectivity index (χ4n) is 2.81. The highest BCUT2D eigenvalue weighted by atomic mass is 16.5. The molecule has 1 N–H and O–H groups in total. The van der Waals surface area contributed by atoms with Gasteiger partial charge in [-0.05, 0) is 38.5 Å². The first-order valence-electron chi connectivity index (χ1n) is 10.0. The molecule has 0 spiro atoms. The lowest BCUT2D eigenvalue weighted by Gasteiger charge is -2.18. The smallest absolute Gasteiger partial charge is 0.306 e. The highest BCUT2D eigenvalue weighted by molar-refractivity contribution is 5.69.